The number of benzene rings is 2. The number of halogens is 1. The van der Waals surface area contributed by atoms with E-state index in [4.69, 9.17) is 33.7 Å². The van der Waals surface area contributed by atoms with E-state index in [1.165, 1.54) is 11.8 Å². The fourth-order valence-electron chi connectivity index (χ4n) is 3.08. The van der Waals surface area contributed by atoms with Crippen molar-refractivity contribution in [3.05, 3.63) is 70.2 Å². The van der Waals surface area contributed by atoms with Crippen LogP contribution in [0.25, 0.3) is 23.0 Å². The van der Waals surface area contributed by atoms with Crippen molar-refractivity contribution < 1.29 is 9.53 Å². The maximum Gasteiger partial charge on any atom is 0.263 e. The summed E-state index contributed by atoms with van der Waals surface area (Å²) < 4.78 is 8.00. The van der Waals surface area contributed by atoms with Gasteiger partial charge in [0.1, 0.15) is 15.8 Å². The lowest BCUT2D eigenvalue weighted by atomic mass is 10.1. The molecule has 0 bridgehead atoms. The van der Waals surface area contributed by atoms with Crippen LogP contribution in [-0.4, -0.2) is 26.6 Å². The predicted octanol–water partition coefficient (Wildman–Crippen LogP) is 5.86. The van der Waals surface area contributed by atoms with Gasteiger partial charge in [-0.05, 0) is 42.8 Å². The van der Waals surface area contributed by atoms with E-state index in [1.54, 1.807) is 10.8 Å². The molecule has 158 valence electrons. The van der Waals surface area contributed by atoms with Gasteiger partial charge in [0.25, 0.3) is 5.91 Å². The third kappa shape index (κ3) is 5.01. The third-order valence-corrected chi connectivity index (χ3v) is 6.11. The summed E-state index contributed by atoms with van der Waals surface area (Å²) in [6.45, 7) is 2.74. The lowest BCUT2D eigenvalue weighted by molar-refractivity contribution is -0.115. The smallest absolute Gasteiger partial charge is 0.263 e. The Hall–Kier alpha value is -2.61. The first kappa shape index (κ1) is 21.6. The number of thiocarbonyl (C=S) groups is 1. The first-order valence-corrected chi connectivity index (χ1v) is 11.5. The Morgan fingerprint density at radius 2 is 2.06 bits per heavy atom. The second-order valence-corrected chi connectivity index (χ2v) is 9.04. The molecule has 1 amide bonds. The van der Waals surface area contributed by atoms with Gasteiger partial charge in [-0.3, -0.25) is 4.79 Å². The molecule has 0 saturated carbocycles. The topological polar surface area (TPSA) is 56.1 Å². The zero-order valence-corrected chi connectivity index (χ0v) is 19.2. The maximum atomic E-state index is 12.2. The number of amides is 1. The second-order valence-electron chi connectivity index (χ2n) is 6.91. The van der Waals surface area contributed by atoms with E-state index < -0.39 is 0 Å². The van der Waals surface area contributed by atoms with Gasteiger partial charge >= 0.3 is 0 Å². The van der Waals surface area contributed by atoms with Gasteiger partial charge in [-0.15, -0.1) is 0 Å². The molecule has 31 heavy (non-hydrogen) atoms. The van der Waals surface area contributed by atoms with Crippen LogP contribution in [0.3, 0.4) is 0 Å². The van der Waals surface area contributed by atoms with Crippen molar-refractivity contribution in [2.45, 2.75) is 19.8 Å². The quantitative estimate of drug-likeness (QED) is 0.267. The summed E-state index contributed by atoms with van der Waals surface area (Å²) in [5, 5.41) is 7.95. The van der Waals surface area contributed by atoms with Crippen LogP contribution in [0.1, 0.15) is 25.3 Å². The number of ether oxygens (including phenoxy) is 1. The number of para-hydroxylation sites is 1. The van der Waals surface area contributed by atoms with E-state index in [-0.39, 0.29) is 5.91 Å². The number of carbonyl (C=O) groups excluding carboxylic acids is 1. The summed E-state index contributed by atoms with van der Waals surface area (Å²) in [5.74, 6) is 0.448. The van der Waals surface area contributed by atoms with Crippen LogP contribution >= 0.6 is 35.6 Å². The standard InChI is InChI=1S/C23H20ClN3O2S2/c1-2-3-11-29-19-10-9-15(12-18(19)24)21-16(13-20-22(28)25-23(30)31-20)14-27(26-21)17-7-5-4-6-8-17/h4-10,12-14H,2-3,11H2,1H3,(H,25,28,30)/b20-13-. The molecule has 0 spiro atoms. The number of hydrogen-bond donors (Lipinski definition) is 1. The minimum atomic E-state index is -0.203. The highest BCUT2D eigenvalue weighted by atomic mass is 35.5. The Morgan fingerprint density at radius 1 is 1.26 bits per heavy atom. The average Bonchev–Trinajstić information content (AvgIpc) is 3.33. The minimum absolute atomic E-state index is 0.203. The van der Waals surface area contributed by atoms with Crippen LogP contribution in [0.15, 0.2) is 59.6 Å². The third-order valence-electron chi connectivity index (χ3n) is 4.65. The van der Waals surface area contributed by atoms with E-state index in [9.17, 15) is 4.79 Å². The van der Waals surface area contributed by atoms with Gasteiger partial charge in [0, 0.05) is 17.3 Å². The van der Waals surface area contributed by atoms with Gasteiger partial charge in [0.15, 0.2) is 0 Å². The van der Waals surface area contributed by atoms with Crippen LogP contribution < -0.4 is 10.1 Å². The van der Waals surface area contributed by atoms with Crippen molar-refractivity contribution in [1.29, 1.82) is 0 Å². The second kappa shape index (κ2) is 9.68. The van der Waals surface area contributed by atoms with Gasteiger partial charge in [-0.25, -0.2) is 4.68 Å². The highest BCUT2D eigenvalue weighted by Crippen LogP contribution is 2.34. The Labute approximate surface area is 195 Å². The molecule has 8 heteroatoms. The SMILES string of the molecule is CCCCOc1ccc(-c2nn(-c3ccccc3)cc2/C=C2\SC(=S)NC2=O)cc1Cl. The van der Waals surface area contributed by atoms with Crippen LogP contribution in [0.4, 0.5) is 0 Å². The molecule has 0 radical (unpaired) electrons. The average molecular weight is 470 g/mol. The van der Waals surface area contributed by atoms with E-state index in [2.05, 4.69) is 12.2 Å². The zero-order chi connectivity index (χ0) is 21.8. The molecule has 1 N–H and O–H groups in total. The Bertz CT molecular complexity index is 1160. The minimum Gasteiger partial charge on any atom is -0.492 e. The summed E-state index contributed by atoms with van der Waals surface area (Å²) in [4.78, 5) is 12.7. The molecule has 2 heterocycles. The molecule has 1 fully saturated rings. The zero-order valence-electron chi connectivity index (χ0n) is 16.8. The molecule has 1 saturated heterocycles. The Kier molecular flexibility index (Phi) is 6.75. The molecule has 1 aliphatic heterocycles. The van der Waals surface area contributed by atoms with Gasteiger partial charge in [-0.2, -0.15) is 5.10 Å². The normalized spacial score (nSPS) is 14.8. The highest BCUT2D eigenvalue weighted by Gasteiger charge is 2.23. The van der Waals surface area contributed by atoms with Crippen molar-refractivity contribution in [2.24, 2.45) is 0 Å². The summed E-state index contributed by atoms with van der Waals surface area (Å²) in [7, 11) is 0. The van der Waals surface area contributed by atoms with Crippen molar-refractivity contribution in [1.82, 2.24) is 15.1 Å². The molecular formula is C23H20ClN3O2S2. The molecule has 0 aliphatic carbocycles. The highest BCUT2D eigenvalue weighted by molar-refractivity contribution is 8.26. The molecule has 5 nitrogen and oxygen atoms in total. The van der Waals surface area contributed by atoms with E-state index in [1.807, 2.05) is 54.7 Å². The number of rotatable bonds is 7. The fraction of sp³-hybridized carbons (Fsp3) is 0.174. The van der Waals surface area contributed by atoms with Crippen LogP contribution in [0, 0.1) is 0 Å². The number of hydrogen-bond acceptors (Lipinski definition) is 5. The summed E-state index contributed by atoms with van der Waals surface area (Å²) in [6.07, 6.45) is 5.73. The van der Waals surface area contributed by atoms with Crippen LogP contribution in [-0.2, 0) is 4.79 Å². The molecule has 0 atom stereocenters. The van der Waals surface area contributed by atoms with Crippen LogP contribution in [0.2, 0.25) is 5.02 Å². The molecular weight excluding hydrogens is 450 g/mol. The summed E-state index contributed by atoms with van der Waals surface area (Å²) in [6, 6.07) is 15.4. The van der Waals surface area contributed by atoms with Gasteiger partial charge in [0.05, 0.1) is 22.2 Å². The fourth-order valence-corrected chi connectivity index (χ4v) is 4.35. The number of aromatic nitrogens is 2. The summed E-state index contributed by atoms with van der Waals surface area (Å²) >= 11 is 12.8. The van der Waals surface area contributed by atoms with Crippen molar-refractivity contribution in [2.75, 3.05) is 6.61 Å². The Morgan fingerprint density at radius 3 is 2.74 bits per heavy atom. The molecule has 3 aromatic rings. The number of thioether (sulfide) groups is 1. The predicted molar refractivity (Wildman–Crippen MR) is 131 cm³/mol. The number of unbranched alkanes of at least 4 members (excludes halogenated alkanes) is 1. The lowest BCUT2D eigenvalue weighted by Crippen LogP contribution is -2.17. The van der Waals surface area contributed by atoms with Gasteiger partial charge < -0.3 is 10.1 Å². The number of nitrogens with zero attached hydrogens (tertiary/aromatic N) is 2. The molecule has 4 rings (SSSR count). The number of nitrogens with one attached hydrogen (secondary N) is 1. The molecule has 1 aliphatic rings. The van der Waals surface area contributed by atoms with E-state index in [0.717, 1.165) is 29.7 Å². The largest absolute Gasteiger partial charge is 0.492 e. The molecule has 1 aromatic heterocycles. The van der Waals surface area contributed by atoms with Gasteiger partial charge in [-0.1, -0.05) is 67.1 Å². The molecule has 2 aromatic carbocycles. The van der Waals surface area contributed by atoms with E-state index in [0.29, 0.717) is 32.3 Å². The summed E-state index contributed by atoms with van der Waals surface area (Å²) in [5.41, 5.74) is 3.25. The first-order valence-electron chi connectivity index (χ1n) is 9.88. The van der Waals surface area contributed by atoms with Crippen LogP contribution in [0.5, 0.6) is 5.75 Å². The monoisotopic (exact) mass is 469 g/mol. The van der Waals surface area contributed by atoms with Crippen molar-refractivity contribution in [3.8, 4) is 22.7 Å². The van der Waals surface area contributed by atoms with Gasteiger partial charge in [0.2, 0.25) is 0 Å². The van der Waals surface area contributed by atoms with Crippen molar-refractivity contribution in [3.63, 3.8) is 0 Å². The maximum absolute atomic E-state index is 12.2. The molecule has 0 unspecified atom stereocenters. The van der Waals surface area contributed by atoms with Crippen molar-refractivity contribution >= 4 is 51.9 Å². The number of carbonyl (C=O) groups is 1. The van der Waals surface area contributed by atoms with E-state index >= 15 is 0 Å². The first-order chi connectivity index (χ1) is 15.0. The Balaban J connectivity index is 1.74. The lowest BCUT2D eigenvalue weighted by Gasteiger charge is -2.09.